The van der Waals surface area contributed by atoms with E-state index in [1.807, 2.05) is 0 Å². The predicted molar refractivity (Wildman–Crippen MR) is 94.2 cm³/mol. The molecule has 5 rings (SSSR count). The molecule has 0 radical (unpaired) electrons. The molecule has 1 aromatic carbocycles. The summed E-state index contributed by atoms with van der Waals surface area (Å²) in [6.45, 7) is -0.732. The van der Waals surface area contributed by atoms with Gasteiger partial charge in [-0.1, -0.05) is 0 Å². The van der Waals surface area contributed by atoms with Crippen LogP contribution in [0.25, 0.3) is 0 Å². The molecule has 0 heterocycles. The van der Waals surface area contributed by atoms with Gasteiger partial charge in [0.25, 0.3) is 5.91 Å². The SMILES string of the molecule is O=C(COC(=O)c1ccc(F)cc1F)NC(=O)NC12CC3CC(CC(C3)C1)C2. The zero-order chi connectivity index (χ0) is 19.9. The van der Waals surface area contributed by atoms with Gasteiger partial charge in [-0.3, -0.25) is 10.1 Å². The molecule has 4 bridgehead atoms. The summed E-state index contributed by atoms with van der Waals surface area (Å²) in [5, 5.41) is 5.14. The molecule has 2 N–H and O–H groups in total. The van der Waals surface area contributed by atoms with Crippen LogP contribution in [0.4, 0.5) is 13.6 Å². The standard InChI is InChI=1S/C20H22F2N2O4/c21-14-1-2-15(16(22)6-14)18(26)28-10-17(25)23-19(27)24-20-7-11-3-12(8-20)5-13(4-11)9-20/h1-2,6,11-13H,3-5,7-10H2,(H2,23,24,25,27). The highest BCUT2D eigenvalue weighted by atomic mass is 19.1. The zero-order valence-electron chi connectivity index (χ0n) is 15.3. The van der Waals surface area contributed by atoms with Crippen molar-refractivity contribution < 1.29 is 27.9 Å². The van der Waals surface area contributed by atoms with Crippen molar-refractivity contribution in [1.29, 1.82) is 0 Å². The van der Waals surface area contributed by atoms with Crippen molar-refractivity contribution >= 4 is 17.9 Å². The minimum absolute atomic E-state index is 0.243. The molecule has 0 aromatic heterocycles. The fourth-order valence-corrected chi connectivity index (χ4v) is 5.56. The summed E-state index contributed by atoms with van der Waals surface area (Å²) in [4.78, 5) is 36.0. The van der Waals surface area contributed by atoms with E-state index >= 15 is 0 Å². The minimum Gasteiger partial charge on any atom is -0.452 e. The van der Waals surface area contributed by atoms with Gasteiger partial charge in [0.1, 0.15) is 11.6 Å². The predicted octanol–water partition coefficient (Wildman–Crippen LogP) is 2.92. The number of ether oxygens (including phenoxy) is 1. The van der Waals surface area contributed by atoms with Gasteiger partial charge in [0.05, 0.1) is 5.56 Å². The van der Waals surface area contributed by atoms with Gasteiger partial charge in [-0.25, -0.2) is 18.4 Å². The lowest BCUT2D eigenvalue weighted by atomic mass is 9.53. The van der Waals surface area contributed by atoms with Crippen molar-refractivity contribution in [3.63, 3.8) is 0 Å². The highest BCUT2D eigenvalue weighted by Crippen LogP contribution is 2.55. The summed E-state index contributed by atoms with van der Waals surface area (Å²) < 4.78 is 31.1. The van der Waals surface area contributed by atoms with Crippen LogP contribution in [-0.2, 0) is 9.53 Å². The molecule has 3 amide bonds. The van der Waals surface area contributed by atoms with E-state index in [-0.39, 0.29) is 5.54 Å². The van der Waals surface area contributed by atoms with Crippen LogP contribution in [0.2, 0.25) is 0 Å². The Labute approximate surface area is 161 Å². The van der Waals surface area contributed by atoms with Crippen molar-refractivity contribution in [2.75, 3.05) is 6.61 Å². The van der Waals surface area contributed by atoms with Crippen molar-refractivity contribution in [2.24, 2.45) is 17.8 Å². The third-order valence-electron chi connectivity index (χ3n) is 6.16. The van der Waals surface area contributed by atoms with Gasteiger partial charge >= 0.3 is 12.0 Å². The van der Waals surface area contributed by atoms with Crippen LogP contribution in [0.5, 0.6) is 0 Å². The normalized spacial score (nSPS) is 30.0. The number of amides is 3. The maximum Gasteiger partial charge on any atom is 0.341 e. The van der Waals surface area contributed by atoms with E-state index < -0.39 is 41.7 Å². The summed E-state index contributed by atoms with van der Waals surface area (Å²) >= 11 is 0. The number of halogens is 2. The van der Waals surface area contributed by atoms with E-state index in [1.165, 1.54) is 19.3 Å². The molecule has 28 heavy (non-hydrogen) atoms. The lowest BCUT2D eigenvalue weighted by Gasteiger charge is -2.56. The van der Waals surface area contributed by atoms with Crippen LogP contribution in [-0.4, -0.2) is 30.1 Å². The topological polar surface area (TPSA) is 84.5 Å². The number of rotatable bonds is 4. The molecule has 150 valence electrons. The second kappa shape index (κ2) is 7.14. The van der Waals surface area contributed by atoms with Gasteiger partial charge in [0.2, 0.25) is 0 Å². The van der Waals surface area contributed by atoms with E-state index in [4.69, 9.17) is 4.74 Å². The number of carbonyl (C=O) groups excluding carboxylic acids is 3. The van der Waals surface area contributed by atoms with Crippen molar-refractivity contribution in [3.8, 4) is 0 Å². The highest BCUT2D eigenvalue weighted by molar-refractivity contribution is 5.97. The average molecular weight is 392 g/mol. The van der Waals surface area contributed by atoms with E-state index in [0.717, 1.165) is 31.4 Å². The second-order valence-corrected chi connectivity index (χ2v) is 8.40. The summed E-state index contributed by atoms with van der Waals surface area (Å²) in [6, 6.07) is 1.80. The van der Waals surface area contributed by atoms with Crippen molar-refractivity contribution in [2.45, 2.75) is 44.1 Å². The maximum atomic E-state index is 13.5. The van der Waals surface area contributed by atoms with Crippen molar-refractivity contribution in [3.05, 3.63) is 35.4 Å². The van der Waals surface area contributed by atoms with Gasteiger partial charge in [-0.2, -0.15) is 0 Å². The molecule has 0 unspecified atom stereocenters. The van der Waals surface area contributed by atoms with E-state index in [1.54, 1.807) is 0 Å². The first kappa shape index (κ1) is 18.8. The molecule has 0 spiro atoms. The average Bonchev–Trinajstić information content (AvgIpc) is 2.57. The monoisotopic (exact) mass is 392 g/mol. The Bertz CT molecular complexity index is 791. The van der Waals surface area contributed by atoms with Crippen LogP contribution in [0.3, 0.4) is 0 Å². The quantitative estimate of drug-likeness (QED) is 0.772. The van der Waals surface area contributed by atoms with E-state index in [2.05, 4.69) is 10.6 Å². The molecule has 4 aliphatic carbocycles. The van der Waals surface area contributed by atoms with Gasteiger partial charge in [-0.05, 0) is 68.4 Å². The Morgan fingerprint density at radius 1 is 1.04 bits per heavy atom. The third kappa shape index (κ3) is 3.86. The van der Waals surface area contributed by atoms with E-state index in [9.17, 15) is 23.2 Å². The number of hydrogen-bond acceptors (Lipinski definition) is 4. The molecule has 0 atom stereocenters. The first-order valence-corrected chi connectivity index (χ1v) is 9.56. The number of urea groups is 1. The Kier molecular flexibility index (Phi) is 4.81. The van der Waals surface area contributed by atoms with Gasteiger partial charge in [-0.15, -0.1) is 0 Å². The lowest BCUT2D eigenvalue weighted by molar-refractivity contribution is -0.123. The number of esters is 1. The summed E-state index contributed by atoms with van der Waals surface area (Å²) in [5.74, 6) is -1.87. The van der Waals surface area contributed by atoms with Crippen LogP contribution in [0, 0.1) is 29.4 Å². The van der Waals surface area contributed by atoms with Crippen LogP contribution in [0.1, 0.15) is 48.9 Å². The lowest BCUT2D eigenvalue weighted by Crippen LogP contribution is -2.62. The number of hydrogen-bond donors (Lipinski definition) is 2. The Morgan fingerprint density at radius 2 is 1.64 bits per heavy atom. The molecule has 0 saturated heterocycles. The number of carbonyl (C=O) groups is 3. The van der Waals surface area contributed by atoms with Crippen molar-refractivity contribution in [1.82, 2.24) is 10.6 Å². The van der Waals surface area contributed by atoms with Crippen LogP contribution in [0.15, 0.2) is 18.2 Å². The molecule has 0 aliphatic heterocycles. The molecule has 1 aromatic rings. The second-order valence-electron chi connectivity index (χ2n) is 8.40. The summed E-state index contributed by atoms with van der Waals surface area (Å²) in [5.41, 5.74) is -0.722. The Morgan fingerprint density at radius 3 is 2.21 bits per heavy atom. The van der Waals surface area contributed by atoms with Crippen LogP contribution < -0.4 is 10.6 Å². The van der Waals surface area contributed by atoms with E-state index in [0.29, 0.717) is 23.8 Å². The molecule has 4 fully saturated rings. The molecule has 8 heteroatoms. The molecule has 4 saturated carbocycles. The fourth-order valence-electron chi connectivity index (χ4n) is 5.56. The number of benzene rings is 1. The smallest absolute Gasteiger partial charge is 0.341 e. The molecule has 4 aliphatic rings. The molecular weight excluding hydrogens is 370 g/mol. The highest BCUT2D eigenvalue weighted by Gasteiger charge is 2.51. The van der Waals surface area contributed by atoms with Gasteiger partial charge in [0, 0.05) is 11.6 Å². The van der Waals surface area contributed by atoms with Gasteiger partial charge < -0.3 is 10.1 Å². The number of imide groups is 1. The van der Waals surface area contributed by atoms with Gasteiger partial charge in [0.15, 0.2) is 6.61 Å². The number of nitrogens with one attached hydrogen (secondary N) is 2. The maximum absolute atomic E-state index is 13.5. The largest absolute Gasteiger partial charge is 0.452 e. The Balaban J connectivity index is 1.27. The first-order valence-electron chi connectivity index (χ1n) is 9.56. The molecular formula is C20H22F2N2O4. The summed E-state index contributed by atoms with van der Waals surface area (Å²) in [6.07, 6.45) is 6.53. The fraction of sp³-hybridized carbons (Fsp3) is 0.550. The third-order valence-corrected chi connectivity index (χ3v) is 6.16. The first-order chi connectivity index (χ1) is 13.3. The summed E-state index contributed by atoms with van der Waals surface area (Å²) in [7, 11) is 0. The molecule has 6 nitrogen and oxygen atoms in total. The minimum atomic E-state index is -1.10. The Hall–Kier alpha value is -2.51. The van der Waals surface area contributed by atoms with Crippen LogP contribution >= 0.6 is 0 Å². The zero-order valence-corrected chi connectivity index (χ0v) is 15.3.